The molecule has 0 spiro atoms. The Kier molecular flexibility index (Phi) is 3.05. The third-order valence-corrected chi connectivity index (χ3v) is 5.62. The van der Waals surface area contributed by atoms with Crippen LogP contribution < -0.4 is 0 Å². The number of hydrogen-bond donors (Lipinski definition) is 0. The van der Waals surface area contributed by atoms with Gasteiger partial charge in [0.05, 0.1) is 0 Å². The SMILES string of the molecule is Cc1ccc2oc3ccc(-c4cc(C)c5oc6ccccc6c5c4)cc3c2c1. The molecule has 0 saturated carbocycles. The lowest BCUT2D eigenvalue weighted by molar-refractivity contribution is 0.666. The lowest BCUT2D eigenvalue weighted by Gasteiger charge is -2.05. The van der Waals surface area contributed by atoms with Gasteiger partial charge >= 0.3 is 0 Å². The summed E-state index contributed by atoms with van der Waals surface area (Å²) >= 11 is 0. The van der Waals surface area contributed by atoms with E-state index in [1.807, 2.05) is 12.1 Å². The smallest absolute Gasteiger partial charge is 0.138 e. The molecule has 4 aromatic carbocycles. The van der Waals surface area contributed by atoms with Crippen LogP contribution in [-0.4, -0.2) is 0 Å². The first-order valence-electron chi connectivity index (χ1n) is 9.52. The molecule has 0 amide bonds. The van der Waals surface area contributed by atoms with Crippen molar-refractivity contribution in [2.24, 2.45) is 0 Å². The average molecular weight is 362 g/mol. The van der Waals surface area contributed by atoms with E-state index in [9.17, 15) is 0 Å². The van der Waals surface area contributed by atoms with Gasteiger partial charge in [0.2, 0.25) is 0 Å². The van der Waals surface area contributed by atoms with Crippen LogP contribution in [0.25, 0.3) is 55.0 Å². The second kappa shape index (κ2) is 5.49. The van der Waals surface area contributed by atoms with Gasteiger partial charge in [0, 0.05) is 21.5 Å². The highest BCUT2D eigenvalue weighted by Crippen LogP contribution is 2.37. The van der Waals surface area contributed by atoms with Crippen molar-refractivity contribution in [3.05, 3.63) is 83.9 Å². The predicted octanol–water partition coefficient (Wildman–Crippen LogP) is 7.77. The van der Waals surface area contributed by atoms with Gasteiger partial charge in [-0.25, -0.2) is 0 Å². The molecule has 0 saturated heterocycles. The third-order valence-electron chi connectivity index (χ3n) is 5.62. The summed E-state index contributed by atoms with van der Waals surface area (Å²) in [6.45, 7) is 4.23. The molecule has 0 aliphatic carbocycles. The van der Waals surface area contributed by atoms with Crippen molar-refractivity contribution < 1.29 is 8.83 Å². The molecule has 2 heteroatoms. The fourth-order valence-corrected chi connectivity index (χ4v) is 4.24. The van der Waals surface area contributed by atoms with Gasteiger partial charge in [0.15, 0.2) is 0 Å². The molecule has 0 radical (unpaired) electrons. The minimum atomic E-state index is 0.927. The van der Waals surface area contributed by atoms with E-state index in [1.54, 1.807) is 0 Å². The van der Waals surface area contributed by atoms with E-state index in [4.69, 9.17) is 8.83 Å². The molecule has 0 fully saturated rings. The molecule has 2 heterocycles. The van der Waals surface area contributed by atoms with E-state index in [-0.39, 0.29) is 0 Å². The normalized spacial score (nSPS) is 11.9. The van der Waals surface area contributed by atoms with Crippen molar-refractivity contribution in [3.63, 3.8) is 0 Å². The summed E-state index contributed by atoms with van der Waals surface area (Å²) in [6.07, 6.45) is 0. The first-order valence-corrected chi connectivity index (χ1v) is 9.52. The zero-order chi connectivity index (χ0) is 18.8. The maximum atomic E-state index is 6.09. The molecule has 0 N–H and O–H groups in total. The maximum absolute atomic E-state index is 6.09. The number of rotatable bonds is 1. The molecule has 0 aliphatic heterocycles. The quantitative estimate of drug-likeness (QED) is 0.299. The van der Waals surface area contributed by atoms with Crippen molar-refractivity contribution in [3.8, 4) is 11.1 Å². The minimum Gasteiger partial charge on any atom is -0.456 e. The summed E-state index contributed by atoms with van der Waals surface area (Å²) in [5.74, 6) is 0. The molecule has 0 bridgehead atoms. The summed E-state index contributed by atoms with van der Waals surface area (Å²) in [6, 6.07) is 25.5. The molecule has 6 rings (SSSR count). The Morgan fingerprint density at radius 2 is 1.25 bits per heavy atom. The van der Waals surface area contributed by atoms with Crippen molar-refractivity contribution in [1.82, 2.24) is 0 Å². The summed E-state index contributed by atoms with van der Waals surface area (Å²) in [4.78, 5) is 0. The van der Waals surface area contributed by atoms with E-state index in [2.05, 4.69) is 74.5 Å². The Morgan fingerprint density at radius 1 is 0.536 bits per heavy atom. The Labute approximate surface area is 162 Å². The molecule has 0 aliphatic rings. The summed E-state index contributed by atoms with van der Waals surface area (Å²) in [7, 11) is 0. The van der Waals surface area contributed by atoms with Crippen LogP contribution in [0.2, 0.25) is 0 Å². The predicted molar refractivity (Wildman–Crippen MR) is 116 cm³/mol. The lowest BCUT2D eigenvalue weighted by atomic mass is 9.98. The van der Waals surface area contributed by atoms with E-state index in [0.29, 0.717) is 0 Å². The molecule has 2 nitrogen and oxygen atoms in total. The van der Waals surface area contributed by atoms with Crippen LogP contribution >= 0.6 is 0 Å². The molecular formula is C26H18O2. The van der Waals surface area contributed by atoms with Crippen LogP contribution in [0.5, 0.6) is 0 Å². The van der Waals surface area contributed by atoms with Crippen LogP contribution in [0.15, 0.2) is 81.6 Å². The first kappa shape index (κ1) is 15.5. The fraction of sp³-hybridized carbons (Fsp3) is 0.0769. The Hall–Kier alpha value is -3.52. The highest BCUT2D eigenvalue weighted by molar-refractivity contribution is 6.09. The molecule has 6 aromatic rings. The summed E-state index contributed by atoms with van der Waals surface area (Å²) in [5.41, 5.74) is 8.54. The number of benzene rings is 4. The zero-order valence-electron chi connectivity index (χ0n) is 15.7. The monoisotopic (exact) mass is 362 g/mol. The van der Waals surface area contributed by atoms with Gasteiger partial charge in [-0.2, -0.15) is 0 Å². The van der Waals surface area contributed by atoms with Crippen LogP contribution in [0.3, 0.4) is 0 Å². The number of fused-ring (bicyclic) bond motifs is 6. The van der Waals surface area contributed by atoms with Gasteiger partial charge in [-0.05, 0) is 73.0 Å². The van der Waals surface area contributed by atoms with E-state index >= 15 is 0 Å². The summed E-state index contributed by atoms with van der Waals surface area (Å²) < 4.78 is 12.1. The third kappa shape index (κ3) is 2.15. The second-order valence-corrected chi connectivity index (χ2v) is 7.58. The van der Waals surface area contributed by atoms with Crippen LogP contribution in [0.4, 0.5) is 0 Å². The Morgan fingerprint density at radius 3 is 2.14 bits per heavy atom. The Bertz CT molecular complexity index is 1530. The van der Waals surface area contributed by atoms with Crippen LogP contribution in [-0.2, 0) is 0 Å². The van der Waals surface area contributed by atoms with Crippen molar-refractivity contribution in [2.45, 2.75) is 13.8 Å². The first-order chi connectivity index (χ1) is 13.7. The molecule has 0 unspecified atom stereocenters. The second-order valence-electron chi connectivity index (χ2n) is 7.58. The zero-order valence-corrected chi connectivity index (χ0v) is 15.7. The van der Waals surface area contributed by atoms with Crippen molar-refractivity contribution >= 4 is 43.9 Å². The highest BCUT2D eigenvalue weighted by Gasteiger charge is 2.13. The van der Waals surface area contributed by atoms with E-state index in [1.165, 1.54) is 27.5 Å². The van der Waals surface area contributed by atoms with Gasteiger partial charge in [0.25, 0.3) is 0 Å². The standard InChI is InChI=1S/C26H18O2/c1-15-7-9-24-20(11-15)21-13-17(8-10-25(21)27-24)18-12-16(2)26-22(14-18)19-5-3-4-6-23(19)28-26/h3-14H,1-2H3. The number of aryl methyl sites for hydroxylation is 2. The highest BCUT2D eigenvalue weighted by atomic mass is 16.3. The largest absolute Gasteiger partial charge is 0.456 e. The van der Waals surface area contributed by atoms with Gasteiger partial charge < -0.3 is 8.83 Å². The van der Waals surface area contributed by atoms with Crippen LogP contribution in [0, 0.1) is 13.8 Å². The number of hydrogen-bond acceptors (Lipinski definition) is 2. The Balaban J connectivity index is 1.63. The van der Waals surface area contributed by atoms with Crippen molar-refractivity contribution in [2.75, 3.05) is 0 Å². The molecule has 0 atom stereocenters. The molecule has 2 aromatic heterocycles. The van der Waals surface area contributed by atoms with Crippen LogP contribution in [0.1, 0.15) is 11.1 Å². The lowest BCUT2D eigenvalue weighted by Crippen LogP contribution is -1.81. The average Bonchev–Trinajstić information content (AvgIpc) is 3.26. The van der Waals surface area contributed by atoms with Gasteiger partial charge in [-0.1, -0.05) is 35.9 Å². The maximum Gasteiger partial charge on any atom is 0.138 e. The van der Waals surface area contributed by atoms with Crippen molar-refractivity contribution in [1.29, 1.82) is 0 Å². The number of furan rings is 2. The van der Waals surface area contributed by atoms with Gasteiger partial charge in [0.1, 0.15) is 22.3 Å². The number of para-hydroxylation sites is 1. The molecular weight excluding hydrogens is 344 g/mol. The molecule has 28 heavy (non-hydrogen) atoms. The molecule has 134 valence electrons. The minimum absolute atomic E-state index is 0.927. The van der Waals surface area contributed by atoms with Gasteiger partial charge in [-0.15, -0.1) is 0 Å². The topological polar surface area (TPSA) is 26.3 Å². The van der Waals surface area contributed by atoms with Gasteiger partial charge in [-0.3, -0.25) is 0 Å². The van der Waals surface area contributed by atoms with E-state index in [0.717, 1.165) is 38.7 Å². The fourth-order valence-electron chi connectivity index (χ4n) is 4.24. The van der Waals surface area contributed by atoms with E-state index < -0.39 is 0 Å². The summed E-state index contributed by atoms with van der Waals surface area (Å²) in [5, 5.41) is 4.65.